The largest absolute Gasteiger partial charge is 0.312 e. The van der Waals surface area contributed by atoms with Gasteiger partial charge in [-0.25, -0.2) is 5.84 Å². The van der Waals surface area contributed by atoms with Crippen LogP contribution in [-0.4, -0.2) is 11.9 Å². The second-order valence-electron chi connectivity index (χ2n) is 6.51. The van der Waals surface area contributed by atoms with Crippen molar-refractivity contribution in [3.05, 3.63) is 35.4 Å². The summed E-state index contributed by atoms with van der Waals surface area (Å²) in [4.78, 5) is 4.99. The highest BCUT2D eigenvalue weighted by Gasteiger charge is 2.23. The Morgan fingerprint density at radius 2 is 1.71 bits per heavy atom. The van der Waals surface area contributed by atoms with Crippen molar-refractivity contribution in [1.29, 1.82) is 0 Å². The van der Waals surface area contributed by atoms with E-state index in [4.69, 9.17) is 10.8 Å². The molecule has 1 fully saturated rings. The molecule has 0 bridgehead atoms. The zero-order valence-electron chi connectivity index (χ0n) is 12.9. The van der Waals surface area contributed by atoms with Gasteiger partial charge in [0.2, 0.25) is 0 Å². The van der Waals surface area contributed by atoms with Crippen LogP contribution in [0.1, 0.15) is 56.1 Å². The minimum absolute atomic E-state index is 0.466. The molecule has 0 spiro atoms. The van der Waals surface area contributed by atoms with Gasteiger partial charge in [0.1, 0.15) is 5.84 Å². The maximum Gasteiger partial charge on any atom is 0.114 e. The Morgan fingerprint density at radius 1 is 1.00 bits per heavy atom. The van der Waals surface area contributed by atoms with Gasteiger partial charge >= 0.3 is 0 Å². The maximum atomic E-state index is 5.80. The average molecular weight is 285 g/mol. The molecule has 1 aromatic rings. The number of nitrogens with two attached hydrogens (primary N) is 1. The third kappa shape index (κ3) is 3.65. The van der Waals surface area contributed by atoms with Gasteiger partial charge in [-0.3, -0.25) is 4.99 Å². The standard InChI is InChI=1S/C18H27N3/c19-21-18(20-17-9-3-1-2-4-10-17)16-12-11-14-7-5-6-8-15(14)13-16/h5-8,16-17H,1-4,9-13,19H2,(H,20,21). The SMILES string of the molecule is NNC(=NC1CCCCCC1)C1CCc2ccccc2C1. The topological polar surface area (TPSA) is 50.4 Å². The molecule has 0 aliphatic heterocycles. The van der Waals surface area contributed by atoms with Crippen LogP contribution in [0.5, 0.6) is 0 Å². The number of hydrazine groups is 1. The van der Waals surface area contributed by atoms with Gasteiger partial charge in [-0.15, -0.1) is 0 Å². The molecule has 0 saturated heterocycles. The van der Waals surface area contributed by atoms with Gasteiger partial charge < -0.3 is 5.43 Å². The Kier molecular flexibility index (Phi) is 4.91. The van der Waals surface area contributed by atoms with Gasteiger partial charge in [0.15, 0.2) is 0 Å². The monoisotopic (exact) mass is 285 g/mol. The number of hydrogen-bond acceptors (Lipinski definition) is 2. The smallest absolute Gasteiger partial charge is 0.114 e. The van der Waals surface area contributed by atoms with Gasteiger partial charge in [-0.05, 0) is 43.2 Å². The lowest BCUT2D eigenvalue weighted by atomic mass is 9.83. The molecule has 3 heteroatoms. The third-order valence-corrected chi connectivity index (χ3v) is 5.03. The molecule has 21 heavy (non-hydrogen) atoms. The molecular formula is C18H27N3. The van der Waals surface area contributed by atoms with Crippen LogP contribution in [-0.2, 0) is 12.8 Å². The average Bonchev–Trinajstić information content (AvgIpc) is 2.81. The minimum atomic E-state index is 0.466. The molecular weight excluding hydrogens is 258 g/mol. The van der Waals surface area contributed by atoms with E-state index in [0.717, 1.165) is 25.1 Å². The van der Waals surface area contributed by atoms with Crippen molar-refractivity contribution in [2.24, 2.45) is 16.8 Å². The van der Waals surface area contributed by atoms with Crippen molar-refractivity contribution in [2.45, 2.75) is 63.8 Å². The van der Waals surface area contributed by atoms with Gasteiger partial charge in [0.25, 0.3) is 0 Å². The summed E-state index contributed by atoms with van der Waals surface area (Å²) < 4.78 is 0. The lowest BCUT2D eigenvalue weighted by Gasteiger charge is -2.26. The van der Waals surface area contributed by atoms with Crippen LogP contribution in [0.2, 0.25) is 0 Å². The number of hydrogen-bond donors (Lipinski definition) is 2. The van der Waals surface area contributed by atoms with Gasteiger partial charge in [0, 0.05) is 5.92 Å². The molecule has 0 amide bonds. The first-order chi connectivity index (χ1) is 10.4. The highest BCUT2D eigenvalue weighted by Crippen LogP contribution is 2.27. The molecule has 3 rings (SSSR count). The van der Waals surface area contributed by atoms with E-state index < -0.39 is 0 Å². The summed E-state index contributed by atoms with van der Waals surface area (Å²) in [5, 5.41) is 0. The Morgan fingerprint density at radius 3 is 2.43 bits per heavy atom. The summed E-state index contributed by atoms with van der Waals surface area (Å²) in [5.74, 6) is 7.30. The first-order valence-corrected chi connectivity index (χ1v) is 8.48. The number of aliphatic imine (C=N–C) groups is 1. The molecule has 0 aromatic heterocycles. The quantitative estimate of drug-likeness (QED) is 0.288. The molecule has 2 aliphatic carbocycles. The van der Waals surface area contributed by atoms with Crippen LogP contribution in [0.15, 0.2) is 29.3 Å². The molecule has 0 radical (unpaired) electrons. The van der Waals surface area contributed by atoms with E-state index in [1.54, 1.807) is 0 Å². The summed E-state index contributed by atoms with van der Waals surface area (Å²) in [6, 6.07) is 9.26. The predicted octanol–water partition coefficient (Wildman–Crippen LogP) is 3.38. The molecule has 0 heterocycles. The molecule has 3 nitrogen and oxygen atoms in total. The minimum Gasteiger partial charge on any atom is -0.312 e. The molecule has 1 saturated carbocycles. The highest BCUT2D eigenvalue weighted by molar-refractivity contribution is 5.84. The van der Waals surface area contributed by atoms with E-state index in [-0.39, 0.29) is 0 Å². The third-order valence-electron chi connectivity index (χ3n) is 5.03. The van der Waals surface area contributed by atoms with E-state index >= 15 is 0 Å². The van der Waals surface area contributed by atoms with Gasteiger partial charge in [-0.1, -0.05) is 49.9 Å². The summed E-state index contributed by atoms with van der Waals surface area (Å²) in [6.07, 6.45) is 11.2. The number of aryl methyl sites for hydroxylation is 1. The summed E-state index contributed by atoms with van der Waals surface area (Å²) in [6.45, 7) is 0. The maximum absolute atomic E-state index is 5.80. The van der Waals surface area contributed by atoms with Crippen LogP contribution in [0, 0.1) is 5.92 Å². The number of nitrogens with zero attached hydrogens (tertiary/aromatic N) is 1. The van der Waals surface area contributed by atoms with Crippen LogP contribution in [0.4, 0.5) is 0 Å². The van der Waals surface area contributed by atoms with E-state index in [1.165, 1.54) is 49.7 Å². The number of rotatable bonds is 2. The zero-order valence-corrected chi connectivity index (χ0v) is 12.9. The second kappa shape index (κ2) is 7.08. The zero-order chi connectivity index (χ0) is 14.5. The van der Waals surface area contributed by atoms with Crippen LogP contribution >= 0.6 is 0 Å². The van der Waals surface area contributed by atoms with E-state index in [9.17, 15) is 0 Å². The first kappa shape index (κ1) is 14.6. The fraction of sp³-hybridized carbons (Fsp3) is 0.611. The molecule has 3 N–H and O–H groups in total. The number of fused-ring (bicyclic) bond motifs is 1. The van der Waals surface area contributed by atoms with E-state index in [1.807, 2.05) is 0 Å². The molecule has 1 unspecified atom stereocenters. The van der Waals surface area contributed by atoms with Crippen molar-refractivity contribution < 1.29 is 0 Å². The normalized spacial score (nSPS) is 24.2. The van der Waals surface area contributed by atoms with Crippen molar-refractivity contribution in [3.8, 4) is 0 Å². The van der Waals surface area contributed by atoms with Crippen molar-refractivity contribution in [3.63, 3.8) is 0 Å². The number of amidine groups is 1. The number of benzene rings is 1. The molecule has 114 valence electrons. The Hall–Kier alpha value is -1.35. The second-order valence-corrected chi connectivity index (χ2v) is 6.51. The lowest BCUT2D eigenvalue weighted by molar-refractivity contribution is 0.539. The highest BCUT2D eigenvalue weighted by atomic mass is 15.3. The Labute approximate surface area is 128 Å². The molecule has 2 aliphatic rings. The fourth-order valence-electron chi connectivity index (χ4n) is 3.78. The number of nitrogens with one attached hydrogen (secondary N) is 1. The summed E-state index contributed by atoms with van der Waals surface area (Å²) in [5.41, 5.74) is 5.89. The first-order valence-electron chi connectivity index (χ1n) is 8.48. The Balaban J connectivity index is 1.71. The summed E-state index contributed by atoms with van der Waals surface area (Å²) >= 11 is 0. The van der Waals surface area contributed by atoms with Crippen LogP contribution < -0.4 is 11.3 Å². The fourth-order valence-corrected chi connectivity index (χ4v) is 3.78. The van der Waals surface area contributed by atoms with Crippen molar-refractivity contribution in [2.75, 3.05) is 0 Å². The van der Waals surface area contributed by atoms with Crippen molar-refractivity contribution in [1.82, 2.24) is 5.43 Å². The van der Waals surface area contributed by atoms with E-state index in [0.29, 0.717) is 12.0 Å². The van der Waals surface area contributed by atoms with Crippen LogP contribution in [0.25, 0.3) is 0 Å². The van der Waals surface area contributed by atoms with Gasteiger partial charge in [-0.2, -0.15) is 0 Å². The van der Waals surface area contributed by atoms with Crippen molar-refractivity contribution >= 4 is 5.84 Å². The summed E-state index contributed by atoms with van der Waals surface area (Å²) in [7, 11) is 0. The predicted molar refractivity (Wildman–Crippen MR) is 88.2 cm³/mol. The lowest BCUT2D eigenvalue weighted by Crippen LogP contribution is -2.39. The van der Waals surface area contributed by atoms with Crippen LogP contribution in [0.3, 0.4) is 0 Å². The van der Waals surface area contributed by atoms with E-state index in [2.05, 4.69) is 29.7 Å². The Bertz CT molecular complexity index is 487. The molecule has 1 aromatic carbocycles. The molecule has 1 atom stereocenters. The van der Waals surface area contributed by atoms with Gasteiger partial charge in [0.05, 0.1) is 6.04 Å².